The number of pyridine rings is 1. The summed E-state index contributed by atoms with van der Waals surface area (Å²) in [4.78, 5) is 28.3. The Bertz CT molecular complexity index is 720. The van der Waals surface area contributed by atoms with Gasteiger partial charge >= 0.3 is 0 Å². The predicted octanol–water partition coefficient (Wildman–Crippen LogP) is 1.93. The van der Waals surface area contributed by atoms with E-state index in [1.807, 2.05) is 26.0 Å². The summed E-state index contributed by atoms with van der Waals surface area (Å²) in [5.41, 5.74) is 1.42. The molecule has 2 aromatic rings. The number of nitrogens with zero attached hydrogens (tertiary/aromatic N) is 2. The van der Waals surface area contributed by atoms with Crippen molar-refractivity contribution in [2.24, 2.45) is 0 Å². The molecular formula is C14H16N4O2S. The van der Waals surface area contributed by atoms with Crippen LogP contribution in [0.4, 0.5) is 5.82 Å². The smallest absolute Gasteiger partial charge is 0.270 e. The van der Waals surface area contributed by atoms with Gasteiger partial charge < -0.3 is 5.32 Å². The molecule has 1 atom stereocenters. The third kappa shape index (κ3) is 2.49. The van der Waals surface area contributed by atoms with E-state index in [1.54, 1.807) is 17.1 Å². The minimum atomic E-state index is -0.175. The van der Waals surface area contributed by atoms with E-state index in [9.17, 15) is 9.59 Å². The molecule has 0 saturated carbocycles. The number of H-pyrrole nitrogens is 1. The molecule has 0 radical (unpaired) electrons. The molecule has 110 valence electrons. The van der Waals surface area contributed by atoms with E-state index < -0.39 is 0 Å². The average Bonchev–Trinajstić information content (AvgIpc) is 2.68. The lowest BCUT2D eigenvalue weighted by Crippen LogP contribution is -2.17. The predicted molar refractivity (Wildman–Crippen MR) is 82.6 cm³/mol. The fraction of sp³-hybridized carbons (Fsp3) is 0.357. The molecule has 0 spiro atoms. The van der Waals surface area contributed by atoms with Gasteiger partial charge in [0.15, 0.2) is 0 Å². The lowest BCUT2D eigenvalue weighted by Gasteiger charge is -2.14. The topological polar surface area (TPSA) is 79.8 Å². The molecule has 2 N–H and O–H groups in total. The van der Waals surface area contributed by atoms with Gasteiger partial charge in [0, 0.05) is 18.4 Å². The first-order valence-electron chi connectivity index (χ1n) is 6.73. The third-order valence-electron chi connectivity index (χ3n) is 3.39. The lowest BCUT2D eigenvalue weighted by atomic mass is 10.1. The number of carbonyl (C=O) groups is 1. The van der Waals surface area contributed by atoms with E-state index in [0.717, 1.165) is 5.56 Å². The van der Waals surface area contributed by atoms with Crippen LogP contribution in [-0.4, -0.2) is 26.4 Å². The van der Waals surface area contributed by atoms with Crippen LogP contribution in [0.2, 0.25) is 0 Å². The molecule has 3 rings (SSSR count). The number of amides is 1. The summed E-state index contributed by atoms with van der Waals surface area (Å²) in [5.74, 6) is 0.803. The second kappa shape index (κ2) is 5.40. The van der Waals surface area contributed by atoms with Crippen LogP contribution in [0.3, 0.4) is 0 Å². The van der Waals surface area contributed by atoms with Crippen molar-refractivity contribution in [3.8, 4) is 0 Å². The maximum absolute atomic E-state index is 12.4. The summed E-state index contributed by atoms with van der Waals surface area (Å²) in [5, 5.41) is 5.49. The Morgan fingerprint density at radius 2 is 2.05 bits per heavy atom. The van der Waals surface area contributed by atoms with E-state index in [2.05, 4.69) is 15.4 Å². The highest BCUT2D eigenvalue weighted by Gasteiger charge is 2.30. The van der Waals surface area contributed by atoms with Crippen molar-refractivity contribution in [2.75, 3.05) is 11.1 Å². The Morgan fingerprint density at radius 3 is 2.71 bits per heavy atom. The monoisotopic (exact) mass is 304 g/mol. The number of fused-ring (bicyclic) bond motifs is 1. The highest BCUT2D eigenvalue weighted by Crippen LogP contribution is 2.39. The molecule has 0 unspecified atom stereocenters. The number of nitrogens with one attached hydrogen (secondary N) is 2. The largest absolute Gasteiger partial charge is 0.310 e. The van der Waals surface area contributed by atoms with Crippen molar-refractivity contribution in [1.82, 2.24) is 14.8 Å². The fourth-order valence-corrected chi connectivity index (χ4v) is 3.56. The number of hydrogen-bond donors (Lipinski definition) is 2. The van der Waals surface area contributed by atoms with Gasteiger partial charge in [0.1, 0.15) is 5.82 Å². The van der Waals surface area contributed by atoms with Crippen molar-refractivity contribution < 1.29 is 4.79 Å². The molecule has 1 aliphatic rings. The van der Waals surface area contributed by atoms with E-state index >= 15 is 0 Å². The lowest BCUT2D eigenvalue weighted by molar-refractivity contribution is -0.113. The maximum atomic E-state index is 12.4. The Morgan fingerprint density at radius 1 is 1.33 bits per heavy atom. The molecule has 0 bridgehead atoms. The highest BCUT2D eigenvalue weighted by molar-refractivity contribution is 8.00. The van der Waals surface area contributed by atoms with Gasteiger partial charge in [-0.25, -0.2) is 0 Å². The number of anilines is 1. The molecule has 1 amide bonds. The van der Waals surface area contributed by atoms with Gasteiger partial charge in [-0.2, -0.15) is 0 Å². The summed E-state index contributed by atoms with van der Waals surface area (Å²) >= 11 is 1.45. The molecule has 0 aliphatic carbocycles. The van der Waals surface area contributed by atoms with Gasteiger partial charge in [0.25, 0.3) is 5.56 Å². The SMILES string of the molecule is CC(C)n1[nH]c(=O)c2c1NC(=O)CS[C@H]2c1ccncc1. The van der Waals surface area contributed by atoms with Crippen LogP contribution in [0.1, 0.15) is 36.3 Å². The summed E-state index contributed by atoms with van der Waals surface area (Å²) in [6, 6.07) is 3.82. The molecule has 0 aromatic carbocycles. The zero-order chi connectivity index (χ0) is 15.0. The Kier molecular flexibility index (Phi) is 3.59. The molecular weight excluding hydrogens is 288 g/mol. The van der Waals surface area contributed by atoms with Gasteiger partial charge in [0.05, 0.1) is 16.6 Å². The van der Waals surface area contributed by atoms with E-state index in [-0.39, 0.29) is 22.8 Å². The van der Waals surface area contributed by atoms with Crippen molar-refractivity contribution in [3.63, 3.8) is 0 Å². The maximum Gasteiger partial charge on any atom is 0.270 e. The van der Waals surface area contributed by atoms with Gasteiger partial charge in [-0.15, -0.1) is 11.8 Å². The Balaban J connectivity index is 2.19. The summed E-state index contributed by atoms with van der Waals surface area (Å²) in [6.07, 6.45) is 3.40. The van der Waals surface area contributed by atoms with Crippen molar-refractivity contribution >= 4 is 23.5 Å². The molecule has 7 heteroatoms. The second-order valence-corrected chi connectivity index (χ2v) is 6.28. The molecule has 6 nitrogen and oxygen atoms in total. The van der Waals surface area contributed by atoms with E-state index in [4.69, 9.17) is 0 Å². The minimum Gasteiger partial charge on any atom is -0.310 e. The number of hydrogen-bond acceptors (Lipinski definition) is 4. The summed E-state index contributed by atoms with van der Waals surface area (Å²) in [7, 11) is 0. The van der Waals surface area contributed by atoms with E-state index in [1.165, 1.54) is 11.8 Å². The van der Waals surface area contributed by atoms with E-state index in [0.29, 0.717) is 17.1 Å². The molecule has 1 aliphatic heterocycles. The Labute approximate surface area is 125 Å². The molecule has 2 aromatic heterocycles. The van der Waals surface area contributed by atoms with Crippen LogP contribution >= 0.6 is 11.8 Å². The van der Waals surface area contributed by atoms with Crippen LogP contribution in [0.25, 0.3) is 0 Å². The van der Waals surface area contributed by atoms with Crippen molar-refractivity contribution in [2.45, 2.75) is 25.1 Å². The highest BCUT2D eigenvalue weighted by atomic mass is 32.2. The third-order valence-corrected chi connectivity index (χ3v) is 4.66. The number of thioether (sulfide) groups is 1. The summed E-state index contributed by atoms with van der Waals surface area (Å²) < 4.78 is 1.72. The van der Waals surface area contributed by atoms with Crippen molar-refractivity contribution in [3.05, 3.63) is 46.0 Å². The minimum absolute atomic E-state index is 0.0583. The fourth-order valence-electron chi connectivity index (χ4n) is 2.43. The molecule has 3 heterocycles. The first kappa shape index (κ1) is 13.9. The van der Waals surface area contributed by atoms with Crippen LogP contribution in [-0.2, 0) is 4.79 Å². The zero-order valence-electron chi connectivity index (χ0n) is 11.8. The Hall–Kier alpha value is -2.02. The van der Waals surface area contributed by atoms with Gasteiger partial charge in [-0.05, 0) is 31.5 Å². The summed E-state index contributed by atoms with van der Waals surface area (Å²) in [6.45, 7) is 3.92. The zero-order valence-corrected chi connectivity index (χ0v) is 12.6. The van der Waals surface area contributed by atoms with Crippen LogP contribution < -0.4 is 10.9 Å². The van der Waals surface area contributed by atoms with Gasteiger partial charge in [0.2, 0.25) is 5.91 Å². The normalized spacial score (nSPS) is 18.2. The van der Waals surface area contributed by atoms with Crippen LogP contribution in [0.5, 0.6) is 0 Å². The number of rotatable bonds is 2. The molecule has 21 heavy (non-hydrogen) atoms. The number of aromatic amines is 1. The van der Waals surface area contributed by atoms with Crippen LogP contribution in [0, 0.1) is 0 Å². The first-order chi connectivity index (χ1) is 10.1. The quantitative estimate of drug-likeness (QED) is 0.888. The average molecular weight is 304 g/mol. The first-order valence-corrected chi connectivity index (χ1v) is 7.78. The molecule has 0 saturated heterocycles. The standard InChI is InChI=1S/C14H16N4O2S/c1-8(2)18-13-11(14(20)17-18)12(21-7-10(19)16-13)9-3-5-15-6-4-9/h3-6,8,12H,7H2,1-2H3,(H,16,19)(H,17,20)/t12-/m0/s1. The van der Waals surface area contributed by atoms with Gasteiger partial charge in [-0.3, -0.25) is 24.4 Å². The number of carbonyl (C=O) groups excluding carboxylic acids is 1. The van der Waals surface area contributed by atoms with Crippen LogP contribution in [0.15, 0.2) is 29.3 Å². The molecule has 0 fully saturated rings. The number of aromatic nitrogens is 3. The van der Waals surface area contributed by atoms with Crippen molar-refractivity contribution in [1.29, 1.82) is 0 Å². The van der Waals surface area contributed by atoms with Gasteiger partial charge in [-0.1, -0.05) is 0 Å². The second-order valence-electron chi connectivity index (χ2n) is 5.19.